The molecule has 0 radical (unpaired) electrons. The molecule has 1 atom stereocenters. The Balaban J connectivity index is 2.29. The lowest BCUT2D eigenvalue weighted by atomic mass is 10.1. The van der Waals surface area contributed by atoms with Crippen molar-refractivity contribution in [1.29, 1.82) is 0 Å². The van der Waals surface area contributed by atoms with E-state index in [9.17, 15) is 0 Å². The van der Waals surface area contributed by atoms with E-state index in [2.05, 4.69) is 36.3 Å². The van der Waals surface area contributed by atoms with Crippen LogP contribution >= 0.6 is 53.7 Å². The van der Waals surface area contributed by atoms with Gasteiger partial charge in [0, 0.05) is 4.86 Å². The molecule has 1 unspecified atom stereocenters. The van der Waals surface area contributed by atoms with Crippen molar-refractivity contribution in [3.63, 3.8) is 0 Å². The van der Waals surface area contributed by atoms with Crippen molar-refractivity contribution >= 4 is 58.5 Å². The lowest BCUT2D eigenvalue weighted by Crippen LogP contribution is -1.93. The fraction of sp³-hybridized carbons (Fsp3) is 0.444. The minimum absolute atomic E-state index is 0.384. The van der Waals surface area contributed by atoms with Crippen molar-refractivity contribution in [3.05, 3.63) is 20.1 Å². The summed E-state index contributed by atoms with van der Waals surface area (Å²) in [6.45, 7) is 2.27. The smallest absolute Gasteiger partial charge is 0.0554 e. The molecular formula is C9H12S5. The van der Waals surface area contributed by atoms with E-state index in [4.69, 9.17) is 0 Å². The Kier molecular flexibility index (Phi) is 4.10. The molecule has 0 bridgehead atoms. The molecule has 0 saturated heterocycles. The fourth-order valence-electron chi connectivity index (χ4n) is 1.34. The van der Waals surface area contributed by atoms with Crippen LogP contribution in [-0.4, -0.2) is 17.4 Å². The van der Waals surface area contributed by atoms with Crippen molar-refractivity contribution in [2.75, 3.05) is 12.5 Å². The molecule has 0 N–H and O–H groups in total. The number of hydrogen-bond acceptors (Lipinski definition) is 4. The summed E-state index contributed by atoms with van der Waals surface area (Å²) in [6, 6.07) is 0. The molecule has 78 valence electrons. The quantitative estimate of drug-likeness (QED) is 0.530. The molecule has 0 aromatic rings. The fourth-order valence-corrected chi connectivity index (χ4v) is 12.2. The van der Waals surface area contributed by atoms with E-state index in [1.54, 1.807) is 14.7 Å². The molecule has 2 aliphatic heterocycles. The Morgan fingerprint density at radius 1 is 1.29 bits per heavy atom. The molecule has 14 heavy (non-hydrogen) atoms. The van der Waals surface area contributed by atoms with Gasteiger partial charge < -0.3 is 0 Å². The van der Waals surface area contributed by atoms with Crippen LogP contribution in [0.4, 0.5) is 0 Å². The van der Waals surface area contributed by atoms with E-state index in [1.807, 2.05) is 34.3 Å². The highest BCUT2D eigenvalue weighted by molar-refractivity contribution is 9.18. The van der Waals surface area contributed by atoms with E-state index in [-0.39, 0.29) is 0 Å². The van der Waals surface area contributed by atoms with Crippen LogP contribution in [-0.2, 0) is 0 Å². The third kappa shape index (κ3) is 1.98. The predicted molar refractivity (Wildman–Crippen MR) is 80.2 cm³/mol. The molecular weight excluding hydrogens is 268 g/mol. The first-order valence-corrected chi connectivity index (χ1v) is 10.6. The molecule has 0 saturated carbocycles. The summed E-state index contributed by atoms with van der Waals surface area (Å²) in [6.07, 6.45) is 7.93. The zero-order valence-electron chi connectivity index (χ0n) is 8.33. The topological polar surface area (TPSA) is 0 Å². The van der Waals surface area contributed by atoms with Crippen LogP contribution in [0.2, 0.25) is 0 Å². The number of thioether (sulfide) groups is 2. The van der Waals surface area contributed by atoms with Crippen LogP contribution in [0.5, 0.6) is 0 Å². The van der Waals surface area contributed by atoms with Crippen LogP contribution in [0, 0.1) is 0 Å². The summed E-state index contributed by atoms with van der Waals surface area (Å²) in [5.74, 6) is 0. The number of allylic oxidation sites excluding steroid dienone is 2. The second-order valence-corrected chi connectivity index (χ2v) is 10.7. The Morgan fingerprint density at radius 3 is 2.64 bits per heavy atom. The largest absolute Gasteiger partial charge is 0.122 e. The van der Waals surface area contributed by atoms with Crippen LogP contribution in [0.15, 0.2) is 20.1 Å². The first-order valence-electron chi connectivity index (χ1n) is 4.31. The average molecular weight is 281 g/mol. The van der Waals surface area contributed by atoms with Gasteiger partial charge in [-0.15, -0.1) is 23.5 Å². The number of rotatable bonds is 3. The van der Waals surface area contributed by atoms with Gasteiger partial charge in [-0.3, -0.25) is 0 Å². The van der Waals surface area contributed by atoms with Crippen LogP contribution in [0.1, 0.15) is 13.3 Å². The van der Waals surface area contributed by atoms with E-state index >= 15 is 0 Å². The average Bonchev–Trinajstić information content (AvgIpc) is 2.72. The summed E-state index contributed by atoms with van der Waals surface area (Å²) in [4.78, 5) is 1.61. The summed E-state index contributed by atoms with van der Waals surface area (Å²) in [7, 11) is 4.49. The molecule has 5 heteroatoms. The van der Waals surface area contributed by atoms with Crippen molar-refractivity contribution in [3.8, 4) is 0 Å². The first kappa shape index (κ1) is 11.6. The zero-order chi connectivity index (χ0) is 10.1. The highest BCUT2D eigenvalue weighted by Crippen LogP contribution is 2.64. The monoisotopic (exact) mass is 280 g/mol. The lowest BCUT2D eigenvalue weighted by molar-refractivity contribution is 1.18. The molecule has 0 fully saturated rings. The molecule has 0 aromatic heterocycles. The van der Waals surface area contributed by atoms with Gasteiger partial charge in [-0.2, -0.15) is 0 Å². The molecule has 0 aliphatic carbocycles. The van der Waals surface area contributed by atoms with E-state index in [0.29, 0.717) is 8.55 Å². The maximum atomic E-state index is 2.40. The molecule has 0 nitrogen and oxygen atoms in total. The Bertz CT molecular complexity index is 350. The maximum absolute atomic E-state index is 2.40. The van der Waals surface area contributed by atoms with Crippen molar-refractivity contribution in [2.45, 2.75) is 13.3 Å². The lowest BCUT2D eigenvalue weighted by Gasteiger charge is -2.03. The first-order chi connectivity index (χ1) is 6.80. The molecule has 0 amide bonds. The van der Waals surface area contributed by atoms with Crippen molar-refractivity contribution in [2.24, 2.45) is 0 Å². The summed E-state index contributed by atoms with van der Waals surface area (Å²) in [5.41, 5.74) is 1.60. The van der Waals surface area contributed by atoms with E-state index < -0.39 is 0 Å². The minimum Gasteiger partial charge on any atom is -0.122 e. The summed E-state index contributed by atoms with van der Waals surface area (Å²) < 4.78 is 3.04. The van der Waals surface area contributed by atoms with Crippen LogP contribution < -0.4 is 0 Å². The Morgan fingerprint density at radius 2 is 2.07 bits per heavy atom. The summed E-state index contributed by atoms with van der Waals surface area (Å²) in [5, 5.41) is 0. The minimum atomic E-state index is 0.384. The third-order valence-corrected chi connectivity index (χ3v) is 11.2. The van der Waals surface area contributed by atoms with Crippen LogP contribution in [0.3, 0.4) is 0 Å². The Hall–Kier alpha value is 1.10. The molecule has 2 heterocycles. The molecule has 0 aromatic carbocycles. The SMILES string of the molecule is CCC1=C(SC)SS2=C1C=C(SC)S2. The predicted octanol–water partition coefficient (Wildman–Crippen LogP) is 4.94. The summed E-state index contributed by atoms with van der Waals surface area (Å²) >= 11 is 3.79. The maximum Gasteiger partial charge on any atom is 0.0554 e. The van der Waals surface area contributed by atoms with Gasteiger partial charge in [-0.1, -0.05) is 15.5 Å². The van der Waals surface area contributed by atoms with Gasteiger partial charge >= 0.3 is 0 Å². The second kappa shape index (κ2) is 4.95. The van der Waals surface area contributed by atoms with Gasteiger partial charge in [0.15, 0.2) is 0 Å². The third-order valence-electron chi connectivity index (χ3n) is 2.02. The van der Waals surface area contributed by atoms with E-state index in [0.717, 1.165) is 0 Å². The highest BCUT2D eigenvalue weighted by atomic mass is 33.5. The zero-order valence-corrected chi connectivity index (χ0v) is 12.4. The number of hydrogen-bond donors (Lipinski definition) is 0. The second-order valence-electron chi connectivity index (χ2n) is 2.76. The van der Waals surface area contributed by atoms with Gasteiger partial charge in [0.25, 0.3) is 0 Å². The van der Waals surface area contributed by atoms with Crippen LogP contribution in [0.25, 0.3) is 0 Å². The molecule has 2 rings (SSSR count). The van der Waals surface area contributed by atoms with Gasteiger partial charge in [0.1, 0.15) is 0 Å². The highest BCUT2D eigenvalue weighted by Gasteiger charge is 2.27. The van der Waals surface area contributed by atoms with Gasteiger partial charge in [0.05, 0.1) is 8.47 Å². The Labute approximate surface area is 104 Å². The van der Waals surface area contributed by atoms with Crippen molar-refractivity contribution in [1.82, 2.24) is 0 Å². The van der Waals surface area contributed by atoms with Crippen molar-refractivity contribution < 1.29 is 0 Å². The standard InChI is InChI=1S/C9H12S5/c1-4-6-7-5-8(10-2)12-14(7)13-9(6)11-3/h5H,4H2,1-3H3. The van der Waals surface area contributed by atoms with Gasteiger partial charge in [-0.25, -0.2) is 0 Å². The normalized spacial score (nSPS) is 25.8. The van der Waals surface area contributed by atoms with E-state index in [1.165, 1.54) is 10.7 Å². The molecule has 0 spiro atoms. The molecule has 2 aliphatic rings. The van der Waals surface area contributed by atoms with Gasteiger partial charge in [-0.05, 0) is 52.2 Å². The van der Waals surface area contributed by atoms with Gasteiger partial charge in [0.2, 0.25) is 0 Å².